The summed E-state index contributed by atoms with van der Waals surface area (Å²) < 4.78 is 5.22. The summed E-state index contributed by atoms with van der Waals surface area (Å²) in [5, 5.41) is 6.31. The average molecular weight is 228 g/mol. The zero-order valence-electron chi connectivity index (χ0n) is 10.8. The molecule has 4 nitrogen and oxygen atoms in total. The molecule has 1 aliphatic rings. The quantitative estimate of drug-likeness (QED) is 0.777. The Balaban J connectivity index is 2.26. The first-order chi connectivity index (χ1) is 7.40. The summed E-state index contributed by atoms with van der Waals surface area (Å²) in [5.41, 5.74) is -0.418. The molecule has 0 aromatic carbocycles. The van der Waals surface area contributed by atoms with E-state index in [0.29, 0.717) is 6.04 Å². The van der Waals surface area contributed by atoms with Gasteiger partial charge in [-0.05, 0) is 33.6 Å². The van der Waals surface area contributed by atoms with Crippen molar-refractivity contribution in [3.05, 3.63) is 0 Å². The van der Waals surface area contributed by atoms with E-state index in [4.69, 9.17) is 4.74 Å². The zero-order valence-corrected chi connectivity index (χ0v) is 10.8. The molecule has 0 spiro atoms. The third-order valence-electron chi connectivity index (χ3n) is 2.58. The van der Waals surface area contributed by atoms with Crippen LogP contribution < -0.4 is 10.6 Å². The normalized spacial score (nSPS) is 25.5. The number of carbonyl (C=O) groups excluding carboxylic acids is 1. The van der Waals surface area contributed by atoms with Gasteiger partial charge in [-0.1, -0.05) is 13.3 Å². The van der Waals surface area contributed by atoms with E-state index < -0.39 is 5.60 Å². The van der Waals surface area contributed by atoms with Crippen LogP contribution in [0.1, 0.15) is 47.0 Å². The van der Waals surface area contributed by atoms with Crippen molar-refractivity contribution in [2.75, 3.05) is 6.54 Å². The van der Waals surface area contributed by atoms with Crippen LogP contribution in [0.2, 0.25) is 0 Å². The van der Waals surface area contributed by atoms with Crippen molar-refractivity contribution >= 4 is 6.09 Å². The lowest BCUT2D eigenvalue weighted by atomic mass is 10.1. The van der Waals surface area contributed by atoms with E-state index in [2.05, 4.69) is 17.6 Å². The summed E-state index contributed by atoms with van der Waals surface area (Å²) in [4.78, 5) is 11.5. The molecule has 94 valence electrons. The van der Waals surface area contributed by atoms with Gasteiger partial charge in [0, 0.05) is 18.6 Å². The van der Waals surface area contributed by atoms with Gasteiger partial charge in [0.05, 0.1) is 0 Å². The minimum Gasteiger partial charge on any atom is -0.444 e. The molecule has 1 aliphatic heterocycles. The second kappa shape index (κ2) is 5.53. The van der Waals surface area contributed by atoms with E-state index >= 15 is 0 Å². The Morgan fingerprint density at radius 2 is 2.19 bits per heavy atom. The van der Waals surface area contributed by atoms with Crippen molar-refractivity contribution in [2.45, 2.75) is 64.6 Å². The maximum Gasteiger partial charge on any atom is 0.407 e. The fourth-order valence-electron chi connectivity index (χ4n) is 1.97. The molecule has 0 aliphatic carbocycles. The Morgan fingerprint density at radius 1 is 1.50 bits per heavy atom. The maximum atomic E-state index is 11.5. The van der Waals surface area contributed by atoms with Crippen molar-refractivity contribution in [3.63, 3.8) is 0 Å². The molecule has 0 bridgehead atoms. The largest absolute Gasteiger partial charge is 0.444 e. The molecule has 1 fully saturated rings. The van der Waals surface area contributed by atoms with Crippen LogP contribution in [-0.4, -0.2) is 30.3 Å². The highest BCUT2D eigenvalue weighted by Gasteiger charge is 2.26. The lowest BCUT2D eigenvalue weighted by molar-refractivity contribution is 0.0508. The van der Waals surface area contributed by atoms with E-state index in [9.17, 15) is 4.79 Å². The van der Waals surface area contributed by atoms with Crippen LogP contribution in [0.3, 0.4) is 0 Å². The molecule has 1 amide bonds. The summed E-state index contributed by atoms with van der Waals surface area (Å²) in [7, 11) is 0. The van der Waals surface area contributed by atoms with Crippen molar-refractivity contribution in [3.8, 4) is 0 Å². The number of carbonyl (C=O) groups is 1. The molecule has 2 N–H and O–H groups in total. The molecule has 0 unspecified atom stereocenters. The van der Waals surface area contributed by atoms with Gasteiger partial charge < -0.3 is 15.4 Å². The Labute approximate surface area is 98.1 Å². The van der Waals surface area contributed by atoms with Gasteiger partial charge in [0.1, 0.15) is 5.60 Å². The van der Waals surface area contributed by atoms with E-state index in [0.717, 1.165) is 13.0 Å². The minimum atomic E-state index is -0.418. The molecular formula is C12H24N2O2. The molecule has 1 rings (SSSR count). The molecule has 0 radical (unpaired) electrons. The number of amides is 1. The highest BCUT2D eigenvalue weighted by Crippen LogP contribution is 2.13. The number of rotatable bonds is 3. The number of ether oxygens (including phenoxy) is 1. The Morgan fingerprint density at radius 3 is 2.75 bits per heavy atom. The van der Waals surface area contributed by atoms with Gasteiger partial charge in [-0.25, -0.2) is 4.79 Å². The van der Waals surface area contributed by atoms with Crippen LogP contribution >= 0.6 is 0 Å². The van der Waals surface area contributed by atoms with E-state index in [-0.39, 0.29) is 12.1 Å². The molecule has 1 saturated heterocycles. The van der Waals surface area contributed by atoms with Crippen LogP contribution in [-0.2, 0) is 4.74 Å². The number of nitrogens with one attached hydrogen (secondary N) is 2. The van der Waals surface area contributed by atoms with Crippen LogP contribution in [0.5, 0.6) is 0 Å². The first-order valence-corrected chi connectivity index (χ1v) is 6.13. The summed E-state index contributed by atoms with van der Waals surface area (Å²) in [6.07, 6.45) is 3.05. The van der Waals surface area contributed by atoms with Crippen LogP contribution in [0.4, 0.5) is 4.79 Å². The van der Waals surface area contributed by atoms with Gasteiger partial charge >= 0.3 is 6.09 Å². The second-order valence-corrected chi connectivity index (χ2v) is 5.47. The topological polar surface area (TPSA) is 50.4 Å². The Hall–Kier alpha value is -0.770. The van der Waals surface area contributed by atoms with Gasteiger partial charge in [0.25, 0.3) is 0 Å². The molecule has 2 atom stereocenters. The van der Waals surface area contributed by atoms with Crippen molar-refractivity contribution in [2.24, 2.45) is 0 Å². The SMILES string of the molecule is CCC[C@@H]1C[C@H](NC(=O)OC(C)(C)C)CN1. The third kappa shape index (κ3) is 4.84. The molecule has 4 heteroatoms. The predicted octanol–water partition coefficient (Wildman–Crippen LogP) is 2.04. The molecule has 0 aromatic heterocycles. The lowest BCUT2D eigenvalue weighted by Gasteiger charge is -2.21. The smallest absolute Gasteiger partial charge is 0.407 e. The lowest BCUT2D eigenvalue weighted by Crippen LogP contribution is -2.40. The summed E-state index contributed by atoms with van der Waals surface area (Å²) in [6.45, 7) is 8.65. The molecule has 0 aromatic rings. The van der Waals surface area contributed by atoms with Gasteiger partial charge in [-0.15, -0.1) is 0 Å². The fourth-order valence-corrected chi connectivity index (χ4v) is 1.97. The predicted molar refractivity (Wildman–Crippen MR) is 64.5 cm³/mol. The van der Waals surface area contributed by atoms with Crippen LogP contribution in [0, 0.1) is 0 Å². The highest BCUT2D eigenvalue weighted by atomic mass is 16.6. The Bertz CT molecular complexity index is 236. The van der Waals surface area contributed by atoms with Gasteiger partial charge in [-0.3, -0.25) is 0 Å². The monoisotopic (exact) mass is 228 g/mol. The van der Waals surface area contributed by atoms with Crippen LogP contribution in [0.15, 0.2) is 0 Å². The van der Waals surface area contributed by atoms with Crippen molar-refractivity contribution in [1.82, 2.24) is 10.6 Å². The number of hydrogen-bond donors (Lipinski definition) is 2. The first-order valence-electron chi connectivity index (χ1n) is 6.13. The third-order valence-corrected chi connectivity index (χ3v) is 2.58. The summed E-state index contributed by atoms with van der Waals surface area (Å²) >= 11 is 0. The molecule has 0 saturated carbocycles. The summed E-state index contributed by atoms with van der Waals surface area (Å²) in [5.74, 6) is 0. The summed E-state index contributed by atoms with van der Waals surface area (Å²) in [6, 6.07) is 0.760. The fraction of sp³-hybridized carbons (Fsp3) is 0.917. The Kier molecular flexibility index (Phi) is 4.59. The van der Waals surface area contributed by atoms with Gasteiger partial charge in [0.2, 0.25) is 0 Å². The molecule has 16 heavy (non-hydrogen) atoms. The molecule has 1 heterocycles. The van der Waals surface area contributed by atoms with Crippen LogP contribution in [0.25, 0.3) is 0 Å². The number of alkyl carbamates (subject to hydrolysis) is 1. The molecular weight excluding hydrogens is 204 g/mol. The number of hydrogen-bond acceptors (Lipinski definition) is 3. The standard InChI is InChI=1S/C12H24N2O2/c1-5-6-9-7-10(8-13-9)14-11(15)16-12(2,3)4/h9-10,13H,5-8H2,1-4H3,(H,14,15)/t9-,10+/m1/s1. The maximum absolute atomic E-state index is 11.5. The van der Waals surface area contributed by atoms with Gasteiger partial charge in [0.15, 0.2) is 0 Å². The average Bonchev–Trinajstić information content (AvgIpc) is 2.49. The first kappa shape index (κ1) is 13.3. The van der Waals surface area contributed by atoms with Gasteiger partial charge in [-0.2, -0.15) is 0 Å². The second-order valence-electron chi connectivity index (χ2n) is 5.47. The minimum absolute atomic E-state index is 0.214. The van der Waals surface area contributed by atoms with Crippen molar-refractivity contribution in [1.29, 1.82) is 0 Å². The van der Waals surface area contributed by atoms with Crippen molar-refractivity contribution < 1.29 is 9.53 Å². The van der Waals surface area contributed by atoms with E-state index in [1.807, 2.05) is 20.8 Å². The highest BCUT2D eigenvalue weighted by molar-refractivity contribution is 5.68. The van der Waals surface area contributed by atoms with E-state index in [1.165, 1.54) is 12.8 Å². The zero-order chi connectivity index (χ0) is 12.2. The van der Waals surface area contributed by atoms with E-state index in [1.54, 1.807) is 0 Å².